The molecule has 0 aromatic heterocycles. The molecule has 1 aromatic carbocycles. The lowest BCUT2D eigenvalue weighted by atomic mass is 10.2. The van der Waals surface area contributed by atoms with Crippen molar-refractivity contribution < 1.29 is 5.11 Å². The maximum Gasteiger partial charge on any atom is 0.134 e. The second-order valence-electron chi connectivity index (χ2n) is 4.33. The number of halogens is 1. The van der Waals surface area contributed by atoms with Crippen molar-refractivity contribution in [1.29, 1.82) is 0 Å². The summed E-state index contributed by atoms with van der Waals surface area (Å²) in [5.41, 5.74) is 0.951. The second-order valence-corrected chi connectivity index (χ2v) is 6.17. The smallest absolute Gasteiger partial charge is 0.134 e. The Morgan fingerprint density at radius 3 is 2.78 bits per heavy atom. The summed E-state index contributed by atoms with van der Waals surface area (Å²) in [6.07, 6.45) is 7.31. The van der Waals surface area contributed by atoms with Crippen LogP contribution in [0.4, 0.5) is 0 Å². The first-order chi connectivity index (χ1) is 8.75. The van der Waals surface area contributed by atoms with Gasteiger partial charge in [0.15, 0.2) is 0 Å². The summed E-state index contributed by atoms with van der Waals surface area (Å²) in [4.78, 5) is 0. The minimum absolute atomic E-state index is 0.352. The van der Waals surface area contributed by atoms with E-state index in [-0.39, 0.29) is 0 Å². The largest absolute Gasteiger partial charge is 0.506 e. The molecule has 4 heteroatoms. The molecule has 0 fully saturated rings. The van der Waals surface area contributed by atoms with E-state index < -0.39 is 0 Å². The average molecular weight is 332 g/mol. The van der Waals surface area contributed by atoms with Gasteiger partial charge in [0.1, 0.15) is 5.75 Å². The number of nitrogens with one attached hydrogen (secondary N) is 1. The Balaban J connectivity index is 2.09. The Morgan fingerprint density at radius 2 is 2.00 bits per heavy atom. The molecule has 0 unspecified atom stereocenters. The van der Waals surface area contributed by atoms with Gasteiger partial charge in [0, 0.05) is 12.1 Å². The third kappa shape index (κ3) is 6.12. The standard InChI is InChI=1S/C14H22BrNOS/c1-18-10-5-3-2-4-9-16-11-12-7-6-8-13(15)14(12)17/h6-8,16-17H,2-5,9-11H2,1H3. The Kier molecular flexibility index (Phi) is 8.55. The molecule has 0 aliphatic rings. The number of hydrogen-bond acceptors (Lipinski definition) is 3. The highest BCUT2D eigenvalue weighted by atomic mass is 79.9. The highest BCUT2D eigenvalue weighted by Gasteiger charge is 2.03. The van der Waals surface area contributed by atoms with Crippen molar-refractivity contribution in [2.45, 2.75) is 32.2 Å². The summed E-state index contributed by atoms with van der Waals surface area (Å²) in [5, 5.41) is 13.2. The van der Waals surface area contributed by atoms with Gasteiger partial charge in [0.25, 0.3) is 0 Å². The normalized spacial score (nSPS) is 10.8. The number of para-hydroxylation sites is 1. The van der Waals surface area contributed by atoms with E-state index in [0.717, 1.165) is 23.1 Å². The molecule has 0 aliphatic heterocycles. The molecule has 1 rings (SSSR count). The summed E-state index contributed by atoms with van der Waals surface area (Å²) in [7, 11) is 0. The van der Waals surface area contributed by atoms with Crippen molar-refractivity contribution in [3.63, 3.8) is 0 Å². The molecular weight excluding hydrogens is 310 g/mol. The zero-order valence-electron chi connectivity index (χ0n) is 10.9. The number of thioether (sulfide) groups is 1. The van der Waals surface area contributed by atoms with Crippen molar-refractivity contribution in [3.8, 4) is 5.75 Å². The number of phenols is 1. The van der Waals surface area contributed by atoms with E-state index in [0.29, 0.717) is 5.75 Å². The van der Waals surface area contributed by atoms with Gasteiger partial charge >= 0.3 is 0 Å². The number of unbranched alkanes of at least 4 members (excludes halogenated alkanes) is 3. The van der Waals surface area contributed by atoms with Gasteiger partial charge in [0.05, 0.1) is 4.47 Å². The summed E-state index contributed by atoms with van der Waals surface area (Å²) >= 11 is 5.25. The van der Waals surface area contributed by atoms with Crippen LogP contribution in [0.25, 0.3) is 0 Å². The molecule has 0 amide bonds. The van der Waals surface area contributed by atoms with Gasteiger partial charge in [-0.25, -0.2) is 0 Å². The number of phenolic OH excluding ortho intramolecular Hbond substituents is 1. The lowest BCUT2D eigenvalue weighted by Crippen LogP contribution is -2.14. The fourth-order valence-corrected chi connectivity index (χ4v) is 2.68. The van der Waals surface area contributed by atoms with Crippen LogP contribution in [0.15, 0.2) is 22.7 Å². The average Bonchev–Trinajstić information content (AvgIpc) is 2.37. The van der Waals surface area contributed by atoms with Crippen molar-refractivity contribution in [3.05, 3.63) is 28.2 Å². The van der Waals surface area contributed by atoms with Crippen LogP contribution in [0.3, 0.4) is 0 Å². The molecule has 0 radical (unpaired) electrons. The van der Waals surface area contributed by atoms with Crippen LogP contribution < -0.4 is 5.32 Å². The molecule has 2 nitrogen and oxygen atoms in total. The second kappa shape index (κ2) is 9.70. The first-order valence-electron chi connectivity index (χ1n) is 6.41. The van der Waals surface area contributed by atoms with E-state index in [4.69, 9.17) is 0 Å². The predicted octanol–water partition coefficient (Wildman–Crippen LogP) is 4.17. The third-order valence-corrected chi connectivity index (χ3v) is 4.17. The molecule has 2 N–H and O–H groups in total. The Bertz CT molecular complexity index is 347. The molecule has 0 atom stereocenters. The Hall–Kier alpha value is -0.190. The molecule has 1 aromatic rings. The maximum atomic E-state index is 9.81. The number of rotatable bonds is 9. The maximum absolute atomic E-state index is 9.81. The highest BCUT2D eigenvalue weighted by Crippen LogP contribution is 2.27. The van der Waals surface area contributed by atoms with Gasteiger partial charge in [-0.15, -0.1) is 0 Å². The van der Waals surface area contributed by atoms with Crippen LogP contribution in [-0.4, -0.2) is 23.7 Å². The van der Waals surface area contributed by atoms with E-state index in [2.05, 4.69) is 27.5 Å². The summed E-state index contributed by atoms with van der Waals surface area (Å²) in [5.74, 6) is 1.63. The molecule has 0 heterocycles. The fraction of sp³-hybridized carbons (Fsp3) is 0.571. The van der Waals surface area contributed by atoms with Crippen LogP contribution in [-0.2, 0) is 6.54 Å². The minimum atomic E-state index is 0.352. The Morgan fingerprint density at radius 1 is 1.22 bits per heavy atom. The lowest BCUT2D eigenvalue weighted by Gasteiger charge is -2.08. The van der Waals surface area contributed by atoms with Crippen LogP contribution in [0.5, 0.6) is 5.75 Å². The van der Waals surface area contributed by atoms with E-state index in [1.54, 1.807) is 0 Å². The van der Waals surface area contributed by atoms with Gasteiger partial charge in [-0.2, -0.15) is 11.8 Å². The lowest BCUT2D eigenvalue weighted by molar-refractivity contribution is 0.460. The quantitative estimate of drug-likeness (QED) is 0.666. The van der Waals surface area contributed by atoms with Gasteiger partial charge in [-0.3, -0.25) is 0 Å². The number of hydrogen-bond donors (Lipinski definition) is 2. The zero-order valence-corrected chi connectivity index (χ0v) is 13.3. The van der Waals surface area contributed by atoms with Gasteiger partial charge in [-0.05, 0) is 53.4 Å². The van der Waals surface area contributed by atoms with E-state index in [1.807, 2.05) is 30.0 Å². The van der Waals surface area contributed by atoms with Gasteiger partial charge in [0.2, 0.25) is 0 Å². The van der Waals surface area contributed by atoms with Crippen LogP contribution in [0.1, 0.15) is 31.2 Å². The van der Waals surface area contributed by atoms with Crippen molar-refractivity contribution in [2.75, 3.05) is 18.6 Å². The molecule has 0 spiro atoms. The Labute approximate surface area is 123 Å². The van der Waals surface area contributed by atoms with Crippen LogP contribution in [0, 0.1) is 0 Å². The fourth-order valence-electron chi connectivity index (χ4n) is 1.78. The summed E-state index contributed by atoms with van der Waals surface area (Å²) < 4.78 is 0.763. The first-order valence-corrected chi connectivity index (χ1v) is 8.60. The summed E-state index contributed by atoms with van der Waals surface area (Å²) in [6.45, 7) is 1.75. The van der Waals surface area contributed by atoms with Gasteiger partial charge in [-0.1, -0.05) is 25.0 Å². The number of aromatic hydroxyl groups is 1. The molecule has 0 saturated heterocycles. The molecule has 0 saturated carbocycles. The monoisotopic (exact) mass is 331 g/mol. The van der Waals surface area contributed by atoms with E-state index >= 15 is 0 Å². The summed E-state index contributed by atoms with van der Waals surface area (Å²) in [6, 6.07) is 5.75. The topological polar surface area (TPSA) is 32.3 Å². The van der Waals surface area contributed by atoms with Crippen LogP contribution in [0.2, 0.25) is 0 Å². The van der Waals surface area contributed by atoms with Crippen molar-refractivity contribution >= 4 is 27.7 Å². The SMILES string of the molecule is CSCCCCCCNCc1cccc(Br)c1O. The number of benzene rings is 1. The van der Waals surface area contributed by atoms with Crippen molar-refractivity contribution in [1.82, 2.24) is 5.32 Å². The minimum Gasteiger partial charge on any atom is -0.506 e. The van der Waals surface area contributed by atoms with Crippen molar-refractivity contribution in [2.24, 2.45) is 0 Å². The third-order valence-electron chi connectivity index (χ3n) is 2.84. The van der Waals surface area contributed by atoms with Gasteiger partial charge < -0.3 is 10.4 Å². The molecule has 102 valence electrons. The molecule has 0 aliphatic carbocycles. The molecular formula is C14H22BrNOS. The zero-order chi connectivity index (χ0) is 13.2. The molecule has 18 heavy (non-hydrogen) atoms. The highest BCUT2D eigenvalue weighted by molar-refractivity contribution is 9.10. The van der Waals surface area contributed by atoms with Crippen LogP contribution >= 0.6 is 27.7 Å². The van der Waals surface area contributed by atoms with E-state index in [1.165, 1.54) is 31.4 Å². The predicted molar refractivity (Wildman–Crippen MR) is 84.4 cm³/mol. The molecule has 0 bridgehead atoms. The first kappa shape index (κ1) is 15.9. The van der Waals surface area contributed by atoms with E-state index in [9.17, 15) is 5.11 Å².